The number of ether oxygens (including phenoxy) is 1. The number of hydrogen-bond acceptors (Lipinski definition) is 5. The Bertz CT molecular complexity index is 555. The standard InChI is InChI=1S/C8H14N3O3.C8H12.C5H10O2.Fm/c1-6(2-3-7(9)13)11-8(14)4-10-5-12;1-4-6-7-8(3)5-2;1-5(2,3)7-4-6;/h6H,2-4H2,1H3,(H2,9,13)(H,10,12)(H,11,14);4-7H,2H2,1,3H3;4H,1-3H3;/q-1;;;/b;6-4-,8-7-;;. The van der Waals surface area contributed by atoms with Gasteiger partial charge in [-0.1, -0.05) is 36.5 Å². The van der Waals surface area contributed by atoms with Crippen molar-refractivity contribution in [2.24, 2.45) is 5.73 Å². The van der Waals surface area contributed by atoms with E-state index < -0.39 is 5.91 Å². The van der Waals surface area contributed by atoms with Gasteiger partial charge in [-0.25, -0.2) is 0 Å². The van der Waals surface area contributed by atoms with E-state index in [0.717, 1.165) is 0 Å². The van der Waals surface area contributed by atoms with Crippen LogP contribution in [-0.4, -0.2) is 42.9 Å². The molecule has 0 aliphatic heterocycles. The van der Waals surface area contributed by atoms with Crippen LogP contribution in [0.25, 0.3) is 0 Å². The molecular weight excluding hydrogens is 631 g/mol. The molecule has 0 aromatic carbocycles. The molecule has 0 fully saturated rings. The first-order chi connectivity index (χ1) is 13.4. The molecule has 0 heterocycles. The summed E-state index contributed by atoms with van der Waals surface area (Å²) >= 11 is 0. The molecule has 8 nitrogen and oxygen atoms in total. The van der Waals surface area contributed by atoms with Crippen molar-refractivity contribution < 1.29 is 23.9 Å². The van der Waals surface area contributed by atoms with Crippen molar-refractivity contribution in [2.45, 2.75) is 66.0 Å². The van der Waals surface area contributed by atoms with Crippen molar-refractivity contribution in [3.05, 3.63) is 36.5 Å². The Balaban J connectivity index is -0.000000181. The summed E-state index contributed by atoms with van der Waals surface area (Å²) in [6.45, 7) is 15.2. The third-order valence-electron chi connectivity index (χ3n) is 2.83. The molecule has 0 saturated heterocycles. The van der Waals surface area contributed by atoms with Crippen LogP contribution in [0.5, 0.6) is 0 Å². The van der Waals surface area contributed by atoms with E-state index in [1.54, 1.807) is 6.92 Å². The van der Waals surface area contributed by atoms with Crippen molar-refractivity contribution in [3.63, 3.8) is 0 Å². The van der Waals surface area contributed by atoms with Gasteiger partial charge >= 0.3 is 0 Å². The van der Waals surface area contributed by atoms with Crippen LogP contribution in [0.15, 0.2) is 36.5 Å². The molecule has 30 heavy (non-hydrogen) atoms. The van der Waals surface area contributed by atoms with E-state index in [-0.39, 0.29) is 30.5 Å². The van der Waals surface area contributed by atoms with E-state index in [0.29, 0.717) is 12.9 Å². The number of rotatable bonds is 10. The molecule has 0 radical (unpaired) electrons. The second-order valence-electron chi connectivity index (χ2n) is 6.90. The number of primary amides is 1. The normalized spacial score (nSPS) is 11.2. The summed E-state index contributed by atoms with van der Waals surface area (Å²) in [5.41, 5.74) is 5.82. The molecule has 0 rings (SSSR count). The summed E-state index contributed by atoms with van der Waals surface area (Å²) in [5.74, 6) is -0.712. The van der Waals surface area contributed by atoms with Crippen LogP contribution in [0, 0.1) is 0 Å². The predicted molar refractivity (Wildman–Crippen MR) is 115 cm³/mol. The Hall–Kier alpha value is -3.90. The van der Waals surface area contributed by atoms with Gasteiger partial charge in [0.05, 0.1) is 6.54 Å². The maximum atomic E-state index is 11.0. The Labute approximate surface area is 174 Å². The molecule has 0 aromatic heterocycles. The van der Waals surface area contributed by atoms with Crippen LogP contribution in [0.4, 0.5) is 0 Å². The summed E-state index contributed by atoms with van der Waals surface area (Å²) in [7, 11) is 0. The van der Waals surface area contributed by atoms with Gasteiger partial charge in [0.15, 0.2) is 0 Å². The SMILES string of the molecule is C=C/C(C)=C\C=C/C.CC(C)(C)OC=O.CC(CCC(N)=O)NC(=O)CN[C-]=O.[Fm]. The molecule has 0 spiro atoms. The van der Waals surface area contributed by atoms with Crippen LogP contribution < -0.4 is 16.4 Å². The van der Waals surface area contributed by atoms with Gasteiger partial charge in [0.1, 0.15) is 5.60 Å². The second-order valence-corrected chi connectivity index (χ2v) is 6.90. The molecule has 0 bridgehead atoms. The van der Waals surface area contributed by atoms with Gasteiger partial charge < -0.3 is 25.9 Å². The van der Waals surface area contributed by atoms with E-state index in [9.17, 15) is 19.2 Å². The third-order valence-corrected chi connectivity index (χ3v) is 2.83. The minimum absolute atomic E-state index is 0. The minimum Gasteiger partial charge on any atom is -0.522 e. The zero-order valence-electron chi connectivity index (χ0n) is 18.7. The average molecular weight is 668 g/mol. The van der Waals surface area contributed by atoms with Crippen molar-refractivity contribution >= 4 is 24.7 Å². The van der Waals surface area contributed by atoms with Gasteiger partial charge in [-0.15, -0.1) is 0 Å². The monoisotopic (exact) mass is 667 g/mol. The number of carbonyl (C=O) groups excluding carboxylic acids is 4. The summed E-state index contributed by atoms with van der Waals surface area (Å²) in [4.78, 5) is 40.7. The Morgan fingerprint density at radius 3 is 2.20 bits per heavy atom. The second kappa shape index (κ2) is 21.4. The number of nitrogens with two attached hydrogens (primary N) is 1. The maximum absolute atomic E-state index is 11.0. The smallest absolute Gasteiger partial charge is 0.293 e. The molecule has 1 atom stereocenters. The fraction of sp³-hybridized carbons (Fsp3) is 0.524. The first-order valence-electron chi connectivity index (χ1n) is 9.14. The minimum atomic E-state index is -0.398. The van der Waals surface area contributed by atoms with E-state index in [1.807, 2.05) is 58.9 Å². The van der Waals surface area contributed by atoms with Crippen LogP contribution >= 0.6 is 0 Å². The number of hydrogen-bond donors (Lipinski definition) is 3. The molecule has 3 amide bonds. The van der Waals surface area contributed by atoms with E-state index in [2.05, 4.69) is 21.9 Å². The molecule has 1 unspecified atom stereocenters. The van der Waals surface area contributed by atoms with Crippen LogP contribution in [-0.2, 0) is 23.9 Å². The maximum Gasteiger partial charge on any atom is 0.293 e. The van der Waals surface area contributed by atoms with Gasteiger partial charge in [-0.3, -0.25) is 14.4 Å². The molecule has 4 N–H and O–H groups in total. The average Bonchev–Trinajstić information content (AvgIpc) is 2.62. The van der Waals surface area contributed by atoms with Crippen LogP contribution in [0.1, 0.15) is 54.4 Å². The van der Waals surface area contributed by atoms with Gasteiger partial charge in [0, 0.05) is 12.5 Å². The molecule has 9 heteroatoms. The van der Waals surface area contributed by atoms with E-state index >= 15 is 0 Å². The van der Waals surface area contributed by atoms with Crippen LogP contribution in [0.3, 0.4) is 0 Å². The molecule has 0 aromatic rings. The summed E-state index contributed by atoms with van der Waals surface area (Å²) in [5, 5.41) is 4.69. The van der Waals surface area contributed by atoms with Crippen molar-refractivity contribution in [1.82, 2.24) is 10.6 Å². The quantitative estimate of drug-likeness (QED) is 0.142. The van der Waals surface area contributed by atoms with Crippen molar-refractivity contribution in [2.75, 3.05) is 6.54 Å². The predicted octanol–water partition coefficient (Wildman–Crippen LogP) is 2.07. The zero-order chi connectivity index (χ0) is 23.3. The first kappa shape index (κ1) is 33.7. The van der Waals surface area contributed by atoms with Crippen molar-refractivity contribution in [3.8, 4) is 0 Å². The summed E-state index contributed by atoms with van der Waals surface area (Å²) < 4.78 is 4.55. The Kier molecular flexibility index (Phi) is 24.0. The number of carbonyl (C=O) groups is 3. The Morgan fingerprint density at radius 1 is 1.30 bits per heavy atom. The van der Waals surface area contributed by atoms with Gasteiger partial charge in [0.2, 0.25) is 11.8 Å². The van der Waals surface area contributed by atoms with E-state index in [1.165, 1.54) is 12.0 Å². The number of allylic oxidation sites excluding steroid dienone is 5. The fourth-order valence-electron chi connectivity index (χ4n) is 1.33. The first-order valence-corrected chi connectivity index (χ1v) is 9.14. The summed E-state index contributed by atoms with van der Waals surface area (Å²) in [6.07, 6.45) is 9.95. The van der Waals surface area contributed by atoms with Gasteiger partial charge in [-0.2, -0.15) is 6.41 Å². The topological polar surface area (TPSA) is 128 Å². The van der Waals surface area contributed by atoms with E-state index in [4.69, 9.17) is 5.73 Å². The molecule has 0 saturated carbocycles. The molecule has 0 aliphatic rings. The molecular formula is C21H36FmN3O5-. The molecule has 178 valence electrons. The van der Waals surface area contributed by atoms with Crippen molar-refractivity contribution in [1.29, 1.82) is 0 Å². The zero-order valence-corrected chi connectivity index (χ0v) is 21.1. The van der Waals surface area contributed by atoms with Gasteiger partial charge in [0.25, 0.3) is 6.47 Å². The summed E-state index contributed by atoms with van der Waals surface area (Å²) in [6, 6.07) is -0.136. The van der Waals surface area contributed by atoms with Gasteiger partial charge in [-0.05, 0) is 48.0 Å². The third kappa shape index (κ3) is 35.3. The van der Waals surface area contributed by atoms with Crippen LogP contribution in [0.2, 0.25) is 0 Å². The molecule has 0 aliphatic carbocycles. The fourth-order valence-corrected chi connectivity index (χ4v) is 1.33. The Morgan fingerprint density at radius 2 is 1.87 bits per heavy atom. The largest absolute Gasteiger partial charge is 0.522 e. The number of amides is 3. The number of nitrogens with one attached hydrogen (secondary N) is 2.